The highest BCUT2D eigenvalue weighted by Gasteiger charge is 2.08. The Morgan fingerprint density at radius 1 is 1.41 bits per heavy atom. The minimum atomic E-state index is 0.00533. The van der Waals surface area contributed by atoms with Crippen LogP contribution in [0.3, 0.4) is 0 Å². The van der Waals surface area contributed by atoms with Crippen molar-refractivity contribution in [1.82, 2.24) is 5.32 Å². The molecule has 0 atom stereocenters. The van der Waals surface area contributed by atoms with Crippen LogP contribution < -0.4 is 10.1 Å². The molecule has 3 nitrogen and oxygen atoms in total. The largest absolute Gasteiger partial charge is 0.491 e. The molecule has 96 valence electrons. The third-order valence-corrected chi connectivity index (χ3v) is 2.63. The molecule has 0 saturated heterocycles. The lowest BCUT2D eigenvalue weighted by atomic mass is 10.1. The van der Waals surface area contributed by atoms with E-state index in [2.05, 4.69) is 19.2 Å². The quantitative estimate of drug-likeness (QED) is 0.789. The third kappa shape index (κ3) is 4.94. The molecule has 0 aliphatic heterocycles. The second-order valence-corrected chi connectivity index (χ2v) is 4.72. The molecule has 0 fully saturated rings. The van der Waals surface area contributed by atoms with Crippen molar-refractivity contribution >= 4 is 11.6 Å². The van der Waals surface area contributed by atoms with Gasteiger partial charge in [0.15, 0.2) is 0 Å². The van der Waals surface area contributed by atoms with Crippen LogP contribution in [0.1, 0.15) is 19.4 Å². The monoisotopic (exact) mass is 257 g/mol. The van der Waals surface area contributed by atoms with Crippen molar-refractivity contribution in [2.75, 3.05) is 19.8 Å². The number of aliphatic hydroxyl groups excluding tert-OH is 1. The lowest BCUT2D eigenvalue weighted by molar-refractivity contribution is 0.200. The van der Waals surface area contributed by atoms with Crippen molar-refractivity contribution in [1.29, 1.82) is 0 Å². The minimum absolute atomic E-state index is 0.00533. The van der Waals surface area contributed by atoms with Gasteiger partial charge in [-0.25, -0.2) is 0 Å². The first kappa shape index (κ1) is 14.3. The van der Waals surface area contributed by atoms with Gasteiger partial charge in [-0.05, 0) is 24.6 Å². The molecule has 0 aliphatic rings. The van der Waals surface area contributed by atoms with E-state index in [0.717, 1.165) is 17.9 Å². The summed E-state index contributed by atoms with van der Waals surface area (Å²) in [5, 5.41) is 12.8. The maximum Gasteiger partial charge on any atom is 0.125 e. The SMILES string of the molecule is CC(C)CNCc1c(Cl)cccc1OCCO. The summed E-state index contributed by atoms with van der Waals surface area (Å²) in [6.07, 6.45) is 0. The zero-order valence-electron chi connectivity index (χ0n) is 10.4. The van der Waals surface area contributed by atoms with Gasteiger partial charge in [-0.1, -0.05) is 31.5 Å². The van der Waals surface area contributed by atoms with E-state index >= 15 is 0 Å². The van der Waals surface area contributed by atoms with Crippen molar-refractivity contribution in [3.8, 4) is 5.75 Å². The zero-order valence-corrected chi connectivity index (χ0v) is 11.1. The molecule has 2 N–H and O–H groups in total. The van der Waals surface area contributed by atoms with Crippen LogP contribution in [0.4, 0.5) is 0 Å². The van der Waals surface area contributed by atoms with E-state index in [9.17, 15) is 0 Å². The number of benzene rings is 1. The Bertz CT molecular complexity index is 342. The molecular weight excluding hydrogens is 238 g/mol. The van der Waals surface area contributed by atoms with Crippen molar-refractivity contribution in [2.45, 2.75) is 20.4 Å². The number of halogens is 1. The topological polar surface area (TPSA) is 41.5 Å². The van der Waals surface area contributed by atoms with E-state index in [0.29, 0.717) is 17.5 Å². The van der Waals surface area contributed by atoms with E-state index in [1.165, 1.54) is 0 Å². The fourth-order valence-electron chi connectivity index (χ4n) is 1.49. The molecule has 1 aromatic carbocycles. The van der Waals surface area contributed by atoms with Crippen molar-refractivity contribution in [2.24, 2.45) is 5.92 Å². The molecule has 0 amide bonds. The highest BCUT2D eigenvalue weighted by Crippen LogP contribution is 2.26. The molecule has 0 heterocycles. The van der Waals surface area contributed by atoms with Crippen LogP contribution in [0.5, 0.6) is 5.75 Å². The number of hydrogen-bond acceptors (Lipinski definition) is 3. The Morgan fingerprint density at radius 2 is 2.18 bits per heavy atom. The zero-order chi connectivity index (χ0) is 12.7. The van der Waals surface area contributed by atoms with Gasteiger partial charge < -0.3 is 15.2 Å². The molecule has 0 radical (unpaired) electrons. The normalized spacial score (nSPS) is 10.9. The predicted molar refractivity (Wildman–Crippen MR) is 70.6 cm³/mol. The number of aliphatic hydroxyl groups is 1. The van der Waals surface area contributed by atoms with Gasteiger partial charge in [0.25, 0.3) is 0 Å². The van der Waals surface area contributed by atoms with E-state index in [4.69, 9.17) is 21.4 Å². The number of nitrogens with one attached hydrogen (secondary N) is 1. The maximum absolute atomic E-state index is 8.76. The molecule has 0 bridgehead atoms. The molecule has 1 rings (SSSR count). The molecule has 1 aromatic rings. The van der Waals surface area contributed by atoms with Crippen molar-refractivity contribution in [3.63, 3.8) is 0 Å². The molecular formula is C13H20ClNO2. The van der Waals surface area contributed by atoms with Gasteiger partial charge in [-0.15, -0.1) is 0 Å². The van der Waals surface area contributed by atoms with E-state index in [1.807, 2.05) is 18.2 Å². The maximum atomic E-state index is 8.76. The molecule has 17 heavy (non-hydrogen) atoms. The van der Waals surface area contributed by atoms with Crippen LogP contribution in [0.25, 0.3) is 0 Å². The number of hydrogen-bond donors (Lipinski definition) is 2. The van der Waals surface area contributed by atoms with Gasteiger partial charge >= 0.3 is 0 Å². The van der Waals surface area contributed by atoms with Gasteiger partial charge in [0, 0.05) is 17.1 Å². The van der Waals surface area contributed by atoms with Crippen molar-refractivity contribution < 1.29 is 9.84 Å². The molecule has 0 aromatic heterocycles. The summed E-state index contributed by atoms with van der Waals surface area (Å²) in [6.45, 7) is 6.22. The summed E-state index contributed by atoms with van der Waals surface area (Å²) < 4.78 is 5.45. The summed E-state index contributed by atoms with van der Waals surface area (Å²) in [5.74, 6) is 1.34. The lowest BCUT2D eigenvalue weighted by Crippen LogP contribution is -2.20. The Hall–Kier alpha value is -0.770. The van der Waals surface area contributed by atoms with Gasteiger partial charge in [0.1, 0.15) is 12.4 Å². The van der Waals surface area contributed by atoms with E-state index in [-0.39, 0.29) is 13.2 Å². The summed E-state index contributed by atoms with van der Waals surface area (Å²) in [5.41, 5.74) is 0.947. The van der Waals surface area contributed by atoms with Crippen LogP contribution in [0.15, 0.2) is 18.2 Å². The van der Waals surface area contributed by atoms with E-state index < -0.39 is 0 Å². The highest BCUT2D eigenvalue weighted by atomic mass is 35.5. The van der Waals surface area contributed by atoms with Crippen LogP contribution in [-0.2, 0) is 6.54 Å². The molecule has 0 aliphatic carbocycles. The smallest absolute Gasteiger partial charge is 0.125 e. The molecule has 4 heteroatoms. The second kappa shape index (κ2) is 7.54. The summed E-state index contributed by atoms with van der Waals surface area (Å²) in [7, 11) is 0. The first-order valence-corrected chi connectivity index (χ1v) is 6.24. The van der Waals surface area contributed by atoms with Gasteiger partial charge in [-0.2, -0.15) is 0 Å². The summed E-state index contributed by atoms with van der Waals surface area (Å²) in [6, 6.07) is 5.56. The average Bonchev–Trinajstić information content (AvgIpc) is 2.29. The lowest BCUT2D eigenvalue weighted by Gasteiger charge is -2.14. The van der Waals surface area contributed by atoms with Crippen LogP contribution in [-0.4, -0.2) is 24.9 Å². The van der Waals surface area contributed by atoms with Gasteiger partial charge in [0.2, 0.25) is 0 Å². The highest BCUT2D eigenvalue weighted by molar-refractivity contribution is 6.31. The first-order chi connectivity index (χ1) is 8.15. The second-order valence-electron chi connectivity index (χ2n) is 4.31. The molecule has 0 spiro atoms. The minimum Gasteiger partial charge on any atom is -0.491 e. The number of ether oxygens (including phenoxy) is 1. The average molecular weight is 258 g/mol. The van der Waals surface area contributed by atoms with Gasteiger partial charge in [0.05, 0.1) is 6.61 Å². The molecule has 0 unspecified atom stereocenters. The van der Waals surface area contributed by atoms with Crippen LogP contribution >= 0.6 is 11.6 Å². The molecule has 0 saturated carbocycles. The Balaban J connectivity index is 2.66. The number of rotatable bonds is 7. The summed E-state index contributed by atoms with van der Waals surface area (Å²) in [4.78, 5) is 0. The van der Waals surface area contributed by atoms with Crippen LogP contribution in [0, 0.1) is 5.92 Å². The fourth-order valence-corrected chi connectivity index (χ4v) is 1.72. The van der Waals surface area contributed by atoms with Gasteiger partial charge in [-0.3, -0.25) is 0 Å². The van der Waals surface area contributed by atoms with E-state index in [1.54, 1.807) is 0 Å². The Labute approximate surface area is 108 Å². The first-order valence-electron chi connectivity index (χ1n) is 5.87. The fraction of sp³-hybridized carbons (Fsp3) is 0.538. The van der Waals surface area contributed by atoms with Crippen LogP contribution in [0.2, 0.25) is 5.02 Å². The van der Waals surface area contributed by atoms with Crippen molar-refractivity contribution in [3.05, 3.63) is 28.8 Å². The standard InChI is InChI=1S/C13H20ClNO2/c1-10(2)8-15-9-11-12(14)4-3-5-13(11)17-7-6-16/h3-5,10,15-16H,6-9H2,1-2H3. The Kier molecular flexibility index (Phi) is 6.34. The summed E-state index contributed by atoms with van der Waals surface area (Å²) >= 11 is 6.14. The Morgan fingerprint density at radius 3 is 2.82 bits per heavy atom. The predicted octanol–water partition coefficient (Wildman–Crippen LogP) is 2.46. The third-order valence-electron chi connectivity index (χ3n) is 2.28.